The molecule has 15 heteroatoms. The van der Waals surface area contributed by atoms with Crippen LogP contribution in [0.15, 0.2) is 47.6 Å². The van der Waals surface area contributed by atoms with Crippen LogP contribution in [0.4, 0.5) is 18.9 Å². The Labute approximate surface area is 228 Å². The van der Waals surface area contributed by atoms with Crippen LogP contribution in [0.25, 0.3) is 0 Å². The molecule has 2 N–H and O–H groups in total. The minimum absolute atomic E-state index is 0.0286. The quantitative estimate of drug-likeness (QED) is 0.306. The maximum absolute atomic E-state index is 13.1. The lowest BCUT2D eigenvalue weighted by Gasteiger charge is -2.23. The Bertz CT molecular complexity index is 1300. The van der Waals surface area contributed by atoms with Gasteiger partial charge in [0.1, 0.15) is 12.3 Å². The van der Waals surface area contributed by atoms with Crippen molar-refractivity contribution in [3.63, 3.8) is 0 Å². The molecule has 0 saturated carbocycles. The number of hydrazone groups is 1. The highest BCUT2D eigenvalue weighted by molar-refractivity contribution is 7.92. The molecular formula is C24H26ClF3N4O6S. The molecule has 1 aliphatic heterocycles. The molecule has 0 unspecified atom stereocenters. The van der Waals surface area contributed by atoms with E-state index >= 15 is 0 Å². The smallest absolute Gasteiger partial charge is 0.416 e. The summed E-state index contributed by atoms with van der Waals surface area (Å²) in [6.07, 6.45) is -0.836. The van der Waals surface area contributed by atoms with Crippen LogP contribution in [-0.4, -0.2) is 65.1 Å². The fraction of sp³-hybridized carbons (Fsp3) is 0.375. The highest BCUT2D eigenvalue weighted by Crippen LogP contribution is 2.36. The van der Waals surface area contributed by atoms with Gasteiger partial charge in [0, 0.05) is 13.2 Å². The molecule has 1 fully saturated rings. The second-order valence-electron chi connectivity index (χ2n) is 8.52. The lowest BCUT2D eigenvalue weighted by molar-refractivity contribution is -0.137. The van der Waals surface area contributed by atoms with Crippen molar-refractivity contribution >= 4 is 45.3 Å². The molecule has 3 rings (SSSR count). The number of alkyl halides is 3. The first kappa shape index (κ1) is 30.2. The molecule has 39 heavy (non-hydrogen) atoms. The largest absolute Gasteiger partial charge is 0.484 e. The number of benzene rings is 2. The first-order chi connectivity index (χ1) is 18.3. The van der Waals surface area contributed by atoms with Gasteiger partial charge in [-0.05, 0) is 60.9 Å². The van der Waals surface area contributed by atoms with Crippen LogP contribution in [0.1, 0.15) is 24.0 Å². The van der Waals surface area contributed by atoms with E-state index in [9.17, 15) is 31.2 Å². The average Bonchev–Trinajstić information content (AvgIpc) is 3.38. The van der Waals surface area contributed by atoms with Crippen LogP contribution in [-0.2, 0) is 30.5 Å². The zero-order valence-electron chi connectivity index (χ0n) is 20.7. The summed E-state index contributed by atoms with van der Waals surface area (Å²) in [5, 5.41) is 6.20. The fourth-order valence-electron chi connectivity index (χ4n) is 3.49. The summed E-state index contributed by atoms with van der Waals surface area (Å²) in [7, 11) is -4.18. The number of anilines is 1. The van der Waals surface area contributed by atoms with E-state index in [0.717, 1.165) is 25.2 Å². The van der Waals surface area contributed by atoms with Crippen molar-refractivity contribution in [2.24, 2.45) is 5.10 Å². The van der Waals surface area contributed by atoms with Gasteiger partial charge in [0.2, 0.25) is 10.0 Å². The minimum Gasteiger partial charge on any atom is -0.484 e. The van der Waals surface area contributed by atoms with E-state index < -0.39 is 39.9 Å². The van der Waals surface area contributed by atoms with Gasteiger partial charge in [-0.1, -0.05) is 11.6 Å². The van der Waals surface area contributed by atoms with Crippen molar-refractivity contribution < 1.29 is 40.7 Å². The number of hydrogen-bond donors (Lipinski definition) is 2. The molecular weight excluding hydrogens is 565 g/mol. The Balaban J connectivity index is 1.53. The topological polar surface area (TPSA) is 126 Å². The third kappa shape index (κ3) is 9.41. The van der Waals surface area contributed by atoms with Crippen LogP contribution in [0.2, 0.25) is 5.02 Å². The second-order valence-corrected chi connectivity index (χ2v) is 10.8. The van der Waals surface area contributed by atoms with Crippen LogP contribution >= 0.6 is 11.6 Å². The summed E-state index contributed by atoms with van der Waals surface area (Å²) in [5.41, 5.74) is 1.04. The third-order valence-electron chi connectivity index (χ3n) is 5.43. The standard InChI is InChI=1S/C24H26ClF3N4O6S/c1-39(35,36)32(21-11-17(24(26,27)28)6-9-20(21)25)14-22(33)31-30-12-16-4-7-18(8-5-16)38-15-23(34)29-13-19-3-2-10-37-19/h4-9,11-12,19H,2-3,10,13-15H2,1H3,(H,29,34)(H,31,33)/b30-12-/t19-/m0/s1. The van der Waals surface area contributed by atoms with Gasteiger partial charge in [0.25, 0.3) is 11.8 Å². The summed E-state index contributed by atoms with van der Waals surface area (Å²) in [4.78, 5) is 24.2. The fourth-order valence-corrected chi connectivity index (χ4v) is 4.62. The van der Waals surface area contributed by atoms with Crippen LogP contribution in [0.3, 0.4) is 0 Å². The number of nitrogens with one attached hydrogen (secondary N) is 2. The van der Waals surface area contributed by atoms with E-state index in [0.29, 0.717) is 40.9 Å². The summed E-state index contributed by atoms with van der Waals surface area (Å²) < 4.78 is 75.1. The van der Waals surface area contributed by atoms with E-state index in [-0.39, 0.29) is 23.6 Å². The number of hydrogen-bond acceptors (Lipinski definition) is 7. The number of sulfonamides is 1. The van der Waals surface area contributed by atoms with E-state index in [1.165, 1.54) is 6.21 Å². The van der Waals surface area contributed by atoms with Gasteiger partial charge >= 0.3 is 6.18 Å². The molecule has 0 aliphatic carbocycles. The number of nitrogens with zero attached hydrogens (tertiary/aromatic N) is 2. The molecule has 1 heterocycles. The first-order valence-electron chi connectivity index (χ1n) is 11.6. The van der Waals surface area contributed by atoms with E-state index in [2.05, 4.69) is 15.8 Å². The molecule has 2 aromatic carbocycles. The summed E-state index contributed by atoms with van der Waals surface area (Å²) >= 11 is 5.94. The Morgan fingerprint density at radius 1 is 1.21 bits per heavy atom. The summed E-state index contributed by atoms with van der Waals surface area (Å²) in [6, 6.07) is 8.51. The number of amides is 2. The Kier molecular flexibility index (Phi) is 10.2. The molecule has 2 amide bonds. The van der Waals surface area contributed by atoms with Crippen molar-refractivity contribution in [1.29, 1.82) is 0 Å². The van der Waals surface area contributed by atoms with Crippen molar-refractivity contribution in [3.05, 3.63) is 58.6 Å². The Hall–Kier alpha value is -3.36. The van der Waals surface area contributed by atoms with Gasteiger partial charge in [0.05, 0.1) is 34.8 Å². The zero-order chi connectivity index (χ0) is 28.6. The highest BCUT2D eigenvalue weighted by Gasteiger charge is 2.33. The van der Waals surface area contributed by atoms with E-state index in [1.54, 1.807) is 24.3 Å². The lowest BCUT2D eigenvalue weighted by atomic mass is 10.2. The summed E-state index contributed by atoms with van der Waals surface area (Å²) in [5.74, 6) is -0.780. The molecule has 1 atom stereocenters. The van der Waals surface area contributed by atoms with Crippen molar-refractivity contribution in [2.75, 3.05) is 36.9 Å². The maximum atomic E-state index is 13.1. The number of rotatable bonds is 11. The molecule has 1 saturated heterocycles. The number of carbonyl (C=O) groups excluding carboxylic acids is 2. The molecule has 10 nitrogen and oxygen atoms in total. The first-order valence-corrected chi connectivity index (χ1v) is 13.8. The maximum Gasteiger partial charge on any atom is 0.416 e. The SMILES string of the molecule is CS(=O)(=O)N(CC(=O)N/N=C\c1ccc(OCC(=O)NC[C@@H]2CCCO2)cc1)c1cc(C(F)(F)F)ccc1Cl. The molecule has 0 bridgehead atoms. The number of halogens is 4. The van der Waals surface area contributed by atoms with Gasteiger partial charge in [0.15, 0.2) is 6.61 Å². The monoisotopic (exact) mass is 590 g/mol. The molecule has 0 radical (unpaired) electrons. The van der Waals surface area contributed by atoms with Crippen LogP contribution in [0.5, 0.6) is 5.75 Å². The van der Waals surface area contributed by atoms with E-state index in [4.69, 9.17) is 21.1 Å². The van der Waals surface area contributed by atoms with Crippen LogP contribution < -0.4 is 19.8 Å². The molecule has 2 aromatic rings. The summed E-state index contributed by atoms with van der Waals surface area (Å²) in [6.45, 7) is 0.0876. The number of ether oxygens (including phenoxy) is 2. The molecule has 212 valence electrons. The average molecular weight is 591 g/mol. The predicted octanol–water partition coefficient (Wildman–Crippen LogP) is 2.95. The Morgan fingerprint density at radius 2 is 1.92 bits per heavy atom. The van der Waals surface area contributed by atoms with Gasteiger partial charge in [-0.2, -0.15) is 18.3 Å². The van der Waals surface area contributed by atoms with Gasteiger partial charge in [-0.25, -0.2) is 13.8 Å². The van der Waals surface area contributed by atoms with E-state index in [1.807, 2.05) is 0 Å². The lowest BCUT2D eigenvalue weighted by Crippen LogP contribution is -2.39. The van der Waals surface area contributed by atoms with Crippen LogP contribution in [0, 0.1) is 0 Å². The van der Waals surface area contributed by atoms with Gasteiger partial charge < -0.3 is 14.8 Å². The second kappa shape index (κ2) is 13.1. The van der Waals surface area contributed by atoms with Crippen molar-refractivity contribution in [2.45, 2.75) is 25.1 Å². The normalized spacial score (nSPS) is 15.8. The number of carbonyl (C=O) groups is 2. The minimum atomic E-state index is -4.74. The Morgan fingerprint density at radius 3 is 2.54 bits per heavy atom. The predicted molar refractivity (Wildman–Crippen MR) is 138 cm³/mol. The van der Waals surface area contributed by atoms with Crippen molar-refractivity contribution in [1.82, 2.24) is 10.7 Å². The van der Waals surface area contributed by atoms with Gasteiger partial charge in [-0.3, -0.25) is 13.9 Å². The van der Waals surface area contributed by atoms with Crippen molar-refractivity contribution in [3.8, 4) is 5.75 Å². The third-order valence-corrected chi connectivity index (χ3v) is 6.88. The highest BCUT2D eigenvalue weighted by atomic mass is 35.5. The molecule has 0 aromatic heterocycles. The molecule has 1 aliphatic rings. The molecule has 0 spiro atoms. The zero-order valence-corrected chi connectivity index (χ0v) is 22.3. The van der Waals surface area contributed by atoms with Gasteiger partial charge in [-0.15, -0.1) is 0 Å².